The minimum absolute atomic E-state index is 0.105. The number of carbonyl (C=O) groups is 1. The van der Waals surface area contributed by atoms with Gasteiger partial charge in [-0.3, -0.25) is 4.79 Å². The van der Waals surface area contributed by atoms with E-state index in [4.69, 9.17) is 0 Å². The summed E-state index contributed by atoms with van der Waals surface area (Å²) in [5.41, 5.74) is 7.46. The van der Waals surface area contributed by atoms with Crippen molar-refractivity contribution in [1.82, 2.24) is 4.98 Å². The van der Waals surface area contributed by atoms with Gasteiger partial charge in [0.2, 0.25) is 5.91 Å². The van der Waals surface area contributed by atoms with Crippen molar-refractivity contribution in [2.75, 3.05) is 5.32 Å². The van der Waals surface area contributed by atoms with Crippen molar-refractivity contribution < 1.29 is 4.79 Å². The number of halogens is 1. The van der Waals surface area contributed by atoms with Crippen LogP contribution >= 0.6 is 15.9 Å². The molecule has 1 heterocycles. The van der Waals surface area contributed by atoms with Crippen molar-refractivity contribution in [3.63, 3.8) is 0 Å². The molecule has 0 spiro atoms. The number of fused-ring (bicyclic) bond motifs is 10. The van der Waals surface area contributed by atoms with Crippen LogP contribution in [0.3, 0.4) is 0 Å². The van der Waals surface area contributed by atoms with Crippen LogP contribution in [0.15, 0.2) is 64.7 Å². The minimum atomic E-state index is -0.329. The summed E-state index contributed by atoms with van der Waals surface area (Å²) >= 11 is 3.56. The monoisotopic (exact) mass is 680 g/mol. The molecule has 5 aliphatic carbocycles. The maximum atomic E-state index is 14.5. The number of aromatic nitrogens is 1. The number of H-pyrrole nitrogens is 1. The third-order valence-corrected chi connectivity index (χ3v) is 15.9. The molecule has 8 rings (SSSR count). The average Bonchev–Trinajstić information content (AvgIpc) is 3.37. The highest BCUT2D eigenvalue weighted by Gasteiger charge is 2.69. The summed E-state index contributed by atoms with van der Waals surface area (Å²) in [6, 6.07) is 17.1. The van der Waals surface area contributed by atoms with Crippen LogP contribution in [0.2, 0.25) is 0 Å². The first-order chi connectivity index (χ1) is 21.6. The second-order valence-electron chi connectivity index (χ2n) is 18.3. The minimum Gasteiger partial charge on any atom is -0.358 e. The zero-order chi connectivity index (χ0) is 32.5. The van der Waals surface area contributed by atoms with Gasteiger partial charge >= 0.3 is 0 Å². The van der Waals surface area contributed by atoms with E-state index in [-0.39, 0.29) is 38.4 Å². The van der Waals surface area contributed by atoms with E-state index in [0.717, 1.165) is 55.1 Å². The Bertz CT molecular complexity index is 1760. The molecule has 3 aromatic rings. The van der Waals surface area contributed by atoms with E-state index in [1.54, 1.807) is 11.1 Å². The van der Waals surface area contributed by atoms with E-state index in [9.17, 15) is 4.79 Å². The summed E-state index contributed by atoms with van der Waals surface area (Å²) < 4.78 is 1.04. The molecule has 2 aromatic carbocycles. The fourth-order valence-electron chi connectivity index (χ4n) is 12.7. The fraction of sp³-hybridized carbons (Fsp3) is 0.595. The van der Waals surface area contributed by atoms with Gasteiger partial charge < -0.3 is 10.3 Å². The Kier molecular flexibility index (Phi) is 6.64. The number of para-hydroxylation sites is 1. The summed E-state index contributed by atoms with van der Waals surface area (Å²) in [5, 5.41) is 4.84. The summed E-state index contributed by atoms with van der Waals surface area (Å²) in [6.07, 6.45) is 12.9. The van der Waals surface area contributed by atoms with E-state index in [1.165, 1.54) is 29.4 Å². The van der Waals surface area contributed by atoms with Gasteiger partial charge in [0.15, 0.2) is 0 Å². The fourth-order valence-corrected chi connectivity index (χ4v) is 13.0. The Morgan fingerprint density at radius 2 is 1.59 bits per heavy atom. The lowest BCUT2D eigenvalue weighted by Gasteiger charge is -2.70. The number of hydrogen-bond donors (Lipinski definition) is 2. The number of amides is 1. The topological polar surface area (TPSA) is 44.9 Å². The quantitative estimate of drug-likeness (QED) is 0.260. The molecule has 3 fully saturated rings. The molecule has 244 valence electrons. The lowest BCUT2D eigenvalue weighted by atomic mass is 9.33. The second kappa shape index (κ2) is 9.86. The molecule has 2 N–H and O–H groups in total. The first-order valence-corrected chi connectivity index (χ1v) is 18.8. The Hall–Kier alpha value is -2.33. The van der Waals surface area contributed by atoms with Gasteiger partial charge in [-0.2, -0.15) is 0 Å². The van der Waals surface area contributed by atoms with Gasteiger partial charge in [0.05, 0.1) is 5.41 Å². The smallest absolute Gasteiger partial charge is 0.231 e. The molecule has 3 saturated carbocycles. The van der Waals surface area contributed by atoms with Crippen molar-refractivity contribution in [3.8, 4) is 0 Å². The molecule has 0 bridgehead atoms. The van der Waals surface area contributed by atoms with E-state index >= 15 is 0 Å². The van der Waals surface area contributed by atoms with E-state index < -0.39 is 0 Å². The first-order valence-electron chi connectivity index (χ1n) is 18.0. The lowest BCUT2D eigenvalue weighted by Crippen LogP contribution is -2.65. The third kappa shape index (κ3) is 4.04. The standard InChI is InChI=1S/C42H53BrN2O/c1-37(2)20-22-42(36(46)44-27-14-12-26(43)13-15-27)23-21-40(6)30(31(42)25-37)16-17-34-39(5)24-29-28-10-8-9-11-32(28)45-35(29)38(3,4)33(39)18-19-41(34,40)7/h8-16,31,33-34,45H,17-25H2,1-7H3,(H,44,46)/t31-,33-,34+,39-,40+,41+,42-/m0/s1. The molecule has 46 heavy (non-hydrogen) atoms. The SMILES string of the molecule is CC1(C)CC[C@]2(C(=O)Nc3ccc(Br)cc3)CC[C@]3(C)C(=CC[C@@H]4[C@@]5(C)Cc6c([nH]c7ccccc67)C(C)(C)[C@@H]5CC[C@]43C)[C@@H]2C1. The van der Waals surface area contributed by atoms with Gasteiger partial charge in [-0.25, -0.2) is 0 Å². The Morgan fingerprint density at radius 1 is 0.870 bits per heavy atom. The van der Waals surface area contributed by atoms with E-state index in [0.29, 0.717) is 17.8 Å². The molecule has 4 heteroatoms. The molecular weight excluding hydrogens is 628 g/mol. The zero-order valence-electron chi connectivity index (χ0n) is 29.1. The van der Waals surface area contributed by atoms with Crippen molar-refractivity contribution in [2.24, 2.45) is 44.8 Å². The number of carbonyl (C=O) groups excluding carboxylic acids is 1. The number of anilines is 1. The molecule has 0 radical (unpaired) electrons. The molecular formula is C42H53BrN2O. The van der Waals surface area contributed by atoms with Crippen molar-refractivity contribution >= 4 is 38.4 Å². The van der Waals surface area contributed by atoms with Crippen LogP contribution in [0, 0.1) is 44.8 Å². The van der Waals surface area contributed by atoms with Crippen LogP contribution in [-0.4, -0.2) is 10.9 Å². The summed E-state index contributed by atoms with van der Waals surface area (Å²) in [6.45, 7) is 17.9. The van der Waals surface area contributed by atoms with Crippen LogP contribution in [0.4, 0.5) is 5.69 Å². The number of aromatic amines is 1. The van der Waals surface area contributed by atoms with Crippen LogP contribution in [0.25, 0.3) is 10.9 Å². The largest absolute Gasteiger partial charge is 0.358 e. The third-order valence-electron chi connectivity index (χ3n) is 15.3. The van der Waals surface area contributed by atoms with Crippen LogP contribution < -0.4 is 5.32 Å². The van der Waals surface area contributed by atoms with E-state index in [1.807, 2.05) is 24.3 Å². The Labute approximate surface area is 284 Å². The summed E-state index contributed by atoms with van der Waals surface area (Å²) in [5.74, 6) is 1.82. The number of allylic oxidation sites excluding steroid dienone is 2. The number of hydrogen-bond acceptors (Lipinski definition) is 1. The van der Waals surface area contributed by atoms with Gasteiger partial charge in [0.1, 0.15) is 0 Å². The van der Waals surface area contributed by atoms with Gasteiger partial charge in [0, 0.05) is 32.2 Å². The predicted octanol–water partition coefficient (Wildman–Crippen LogP) is 11.4. The normalized spacial score (nSPS) is 38.8. The highest BCUT2D eigenvalue weighted by Crippen LogP contribution is 2.75. The van der Waals surface area contributed by atoms with Gasteiger partial charge in [-0.1, -0.05) is 94.2 Å². The molecule has 1 aromatic heterocycles. The maximum absolute atomic E-state index is 14.5. The van der Waals surface area contributed by atoms with Crippen LogP contribution in [-0.2, 0) is 16.6 Å². The second-order valence-corrected chi connectivity index (χ2v) is 19.2. The molecule has 7 atom stereocenters. The first kappa shape index (κ1) is 31.0. The van der Waals surface area contributed by atoms with Crippen molar-refractivity contribution in [1.29, 1.82) is 0 Å². The molecule has 1 amide bonds. The van der Waals surface area contributed by atoms with Gasteiger partial charge in [0.25, 0.3) is 0 Å². The lowest BCUT2D eigenvalue weighted by molar-refractivity contribution is -0.165. The van der Waals surface area contributed by atoms with Crippen LogP contribution in [0.1, 0.15) is 111 Å². The number of nitrogens with one attached hydrogen (secondary N) is 2. The Balaban J connectivity index is 1.20. The van der Waals surface area contributed by atoms with Gasteiger partial charge in [-0.15, -0.1) is 0 Å². The molecule has 0 unspecified atom stereocenters. The number of rotatable bonds is 2. The number of benzene rings is 2. The molecule has 0 aliphatic heterocycles. The van der Waals surface area contributed by atoms with Gasteiger partial charge in [-0.05, 0) is 133 Å². The summed E-state index contributed by atoms with van der Waals surface area (Å²) in [7, 11) is 0. The maximum Gasteiger partial charge on any atom is 0.231 e. The average molecular weight is 682 g/mol. The highest BCUT2D eigenvalue weighted by atomic mass is 79.9. The van der Waals surface area contributed by atoms with E-state index in [2.05, 4.69) is 105 Å². The highest BCUT2D eigenvalue weighted by molar-refractivity contribution is 9.10. The summed E-state index contributed by atoms with van der Waals surface area (Å²) in [4.78, 5) is 18.4. The Morgan fingerprint density at radius 3 is 2.35 bits per heavy atom. The zero-order valence-corrected chi connectivity index (χ0v) is 30.7. The van der Waals surface area contributed by atoms with Crippen molar-refractivity contribution in [2.45, 2.75) is 112 Å². The molecule has 0 saturated heterocycles. The van der Waals surface area contributed by atoms with Crippen LogP contribution in [0.5, 0.6) is 0 Å². The molecule has 5 aliphatic rings. The molecule has 3 nitrogen and oxygen atoms in total. The van der Waals surface area contributed by atoms with Crippen molar-refractivity contribution in [3.05, 3.63) is 75.9 Å². The predicted molar refractivity (Wildman–Crippen MR) is 194 cm³/mol.